The number of carbonyl (C=O) groups is 2. The molecule has 0 aliphatic carbocycles. The Morgan fingerprint density at radius 1 is 0.947 bits per heavy atom. The van der Waals surface area contributed by atoms with Crippen molar-refractivity contribution < 1.29 is 14.3 Å². The average Bonchev–Trinajstić information content (AvgIpc) is 3.48. The molecule has 1 aliphatic rings. The van der Waals surface area contributed by atoms with Crippen LogP contribution in [-0.2, 0) is 15.1 Å². The number of ether oxygens (including phenoxy) is 1. The number of thiophene rings is 1. The van der Waals surface area contributed by atoms with Crippen molar-refractivity contribution >= 4 is 57.3 Å². The Morgan fingerprint density at radius 3 is 2.55 bits per heavy atom. The maximum absolute atomic E-state index is 13.6. The van der Waals surface area contributed by atoms with Gasteiger partial charge in [0.05, 0.1) is 5.02 Å². The van der Waals surface area contributed by atoms with Crippen LogP contribution in [-0.4, -0.2) is 26.9 Å². The Balaban J connectivity index is 1.41. The predicted octanol–water partition coefficient (Wildman–Crippen LogP) is 6.63. The summed E-state index contributed by atoms with van der Waals surface area (Å²) in [5.41, 5.74) is 0.730. The third-order valence-electron chi connectivity index (χ3n) is 6.39. The number of ketones is 1. The van der Waals surface area contributed by atoms with Crippen LogP contribution in [0.15, 0.2) is 101 Å². The van der Waals surface area contributed by atoms with Gasteiger partial charge in [0.2, 0.25) is 5.91 Å². The second-order valence-corrected chi connectivity index (χ2v) is 11.1. The smallest absolute Gasteiger partial charge is 0.242 e. The van der Waals surface area contributed by atoms with Crippen molar-refractivity contribution in [2.75, 3.05) is 0 Å². The van der Waals surface area contributed by atoms with E-state index in [0.717, 1.165) is 22.7 Å². The van der Waals surface area contributed by atoms with Crippen molar-refractivity contribution in [2.45, 2.75) is 22.1 Å². The number of thioether (sulfide) groups is 1. The van der Waals surface area contributed by atoms with E-state index in [0.29, 0.717) is 32.6 Å². The van der Waals surface area contributed by atoms with E-state index in [2.05, 4.69) is 15.3 Å². The Kier molecular flexibility index (Phi) is 6.61. The van der Waals surface area contributed by atoms with E-state index in [1.54, 1.807) is 36.7 Å². The lowest BCUT2D eigenvalue weighted by molar-refractivity contribution is -0.133. The van der Waals surface area contributed by atoms with Gasteiger partial charge in [0.25, 0.3) is 0 Å². The van der Waals surface area contributed by atoms with Crippen LogP contribution in [0.1, 0.15) is 17.7 Å². The number of carbonyl (C=O) groups excluding carboxylic acids is 2. The predicted molar refractivity (Wildman–Crippen MR) is 150 cm³/mol. The van der Waals surface area contributed by atoms with E-state index in [-0.39, 0.29) is 12.2 Å². The zero-order chi connectivity index (χ0) is 26.1. The van der Waals surface area contributed by atoms with Gasteiger partial charge in [-0.25, -0.2) is 0 Å². The molecule has 2 aromatic carbocycles. The Hall–Kier alpha value is -3.72. The number of para-hydroxylation sites is 1. The standard InChI is InChI=1S/C29H20ClN3O3S2/c30-20-8-1-2-11-24(20)38-26-21(34)16-29(33-28(26)35,19-12-15-37-17-19)27-23(10-5-14-32-27)36-22-9-3-6-18-7-4-13-31-25(18)22/h1-15,17,26H,16H2,(H,33,35). The first-order chi connectivity index (χ1) is 18.5. The van der Waals surface area contributed by atoms with Crippen molar-refractivity contribution in [3.8, 4) is 11.5 Å². The summed E-state index contributed by atoms with van der Waals surface area (Å²) in [5, 5.41) is 7.49. The number of nitrogens with one attached hydrogen (secondary N) is 1. The van der Waals surface area contributed by atoms with E-state index < -0.39 is 16.7 Å². The molecule has 3 aromatic heterocycles. The normalized spacial score (nSPS) is 19.3. The molecule has 38 heavy (non-hydrogen) atoms. The number of benzene rings is 2. The zero-order valence-electron chi connectivity index (χ0n) is 19.8. The molecule has 0 radical (unpaired) electrons. The van der Waals surface area contributed by atoms with Crippen molar-refractivity contribution in [1.29, 1.82) is 0 Å². The van der Waals surface area contributed by atoms with Crippen LogP contribution >= 0.6 is 34.7 Å². The number of Topliss-reactive ketones (excluding diaryl/α,β-unsaturated/α-hetero) is 1. The minimum atomic E-state index is -1.19. The molecule has 1 fully saturated rings. The number of rotatable bonds is 6. The van der Waals surface area contributed by atoms with Crippen LogP contribution in [0.3, 0.4) is 0 Å². The summed E-state index contributed by atoms with van der Waals surface area (Å²) in [7, 11) is 0. The number of aromatic nitrogens is 2. The van der Waals surface area contributed by atoms with Crippen LogP contribution in [0, 0.1) is 0 Å². The molecule has 6 rings (SSSR count). The number of piperidine rings is 1. The summed E-state index contributed by atoms with van der Waals surface area (Å²) in [6, 6.07) is 22.2. The highest BCUT2D eigenvalue weighted by atomic mass is 35.5. The molecule has 188 valence electrons. The third kappa shape index (κ3) is 4.45. The zero-order valence-corrected chi connectivity index (χ0v) is 22.2. The second-order valence-electron chi connectivity index (χ2n) is 8.76. The summed E-state index contributed by atoms with van der Waals surface area (Å²) < 4.78 is 6.40. The van der Waals surface area contributed by atoms with Crippen LogP contribution in [0.2, 0.25) is 5.02 Å². The van der Waals surface area contributed by atoms with Crippen molar-refractivity contribution in [3.05, 3.63) is 112 Å². The van der Waals surface area contributed by atoms with E-state index >= 15 is 0 Å². The van der Waals surface area contributed by atoms with E-state index in [9.17, 15) is 9.59 Å². The van der Waals surface area contributed by atoms with Gasteiger partial charge in [-0.3, -0.25) is 19.6 Å². The van der Waals surface area contributed by atoms with E-state index in [1.165, 1.54) is 11.3 Å². The molecule has 0 saturated carbocycles. The number of hydrogen-bond acceptors (Lipinski definition) is 7. The fourth-order valence-electron chi connectivity index (χ4n) is 4.64. The number of halogens is 1. The Bertz CT molecular complexity index is 1640. The first-order valence-corrected chi connectivity index (χ1v) is 14.0. The fourth-order valence-corrected chi connectivity index (χ4v) is 6.61. The van der Waals surface area contributed by atoms with Crippen molar-refractivity contribution in [2.24, 2.45) is 0 Å². The Morgan fingerprint density at radius 2 is 1.74 bits per heavy atom. The average molecular weight is 558 g/mol. The monoisotopic (exact) mass is 557 g/mol. The SMILES string of the molecule is O=C1CC(c2ccsc2)(c2ncccc2Oc2cccc3cccnc23)NC(=O)C1Sc1ccccc1Cl. The molecule has 1 N–H and O–H groups in total. The summed E-state index contributed by atoms with van der Waals surface area (Å²) >= 11 is 8.96. The molecular formula is C29H20ClN3O3S2. The maximum Gasteiger partial charge on any atom is 0.242 e. The lowest BCUT2D eigenvalue weighted by Crippen LogP contribution is -2.58. The molecule has 1 saturated heterocycles. The lowest BCUT2D eigenvalue weighted by Gasteiger charge is -2.39. The van der Waals surface area contributed by atoms with Crippen LogP contribution in [0.25, 0.3) is 10.9 Å². The van der Waals surface area contributed by atoms with E-state index in [4.69, 9.17) is 16.3 Å². The van der Waals surface area contributed by atoms with Gasteiger partial charge >= 0.3 is 0 Å². The first kappa shape index (κ1) is 24.6. The van der Waals surface area contributed by atoms with Gasteiger partial charge in [-0.15, -0.1) is 11.8 Å². The van der Waals surface area contributed by atoms with Crippen molar-refractivity contribution in [3.63, 3.8) is 0 Å². The van der Waals surface area contributed by atoms with E-state index in [1.807, 2.05) is 59.3 Å². The largest absolute Gasteiger partial charge is 0.453 e. The topological polar surface area (TPSA) is 81.2 Å². The molecule has 2 atom stereocenters. The summed E-state index contributed by atoms with van der Waals surface area (Å²) in [6.07, 6.45) is 3.36. The van der Waals surface area contributed by atoms with Crippen LogP contribution < -0.4 is 10.1 Å². The van der Waals surface area contributed by atoms with Gasteiger partial charge in [0.15, 0.2) is 17.3 Å². The number of fused-ring (bicyclic) bond motifs is 1. The number of pyridine rings is 2. The second kappa shape index (κ2) is 10.2. The molecule has 5 aromatic rings. The van der Waals surface area contributed by atoms with Gasteiger partial charge in [0, 0.05) is 29.1 Å². The third-order valence-corrected chi connectivity index (χ3v) is 8.84. The maximum atomic E-state index is 13.6. The van der Waals surface area contributed by atoms with Crippen LogP contribution in [0.4, 0.5) is 0 Å². The van der Waals surface area contributed by atoms with Gasteiger partial charge in [-0.1, -0.05) is 41.9 Å². The minimum Gasteiger partial charge on any atom is -0.453 e. The van der Waals surface area contributed by atoms with Gasteiger partial charge < -0.3 is 10.1 Å². The van der Waals surface area contributed by atoms with Gasteiger partial charge in [-0.05, 0) is 58.8 Å². The minimum absolute atomic E-state index is 0.0127. The lowest BCUT2D eigenvalue weighted by atomic mass is 9.79. The fraction of sp³-hybridized carbons (Fsp3) is 0.103. The molecule has 0 spiro atoms. The summed E-state index contributed by atoms with van der Waals surface area (Å²) in [6.45, 7) is 0. The highest BCUT2D eigenvalue weighted by molar-refractivity contribution is 8.01. The molecular weight excluding hydrogens is 538 g/mol. The number of nitrogens with zero attached hydrogens (tertiary/aromatic N) is 2. The summed E-state index contributed by atoms with van der Waals surface area (Å²) in [4.78, 5) is 37.1. The first-order valence-electron chi connectivity index (χ1n) is 11.8. The highest BCUT2D eigenvalue weighted by Crippen LogP contribution is 2.44. The quantitative estimate of drug-likeness (QED) is 0.236. The van der Waals surface area contributed by atoms with Gasteiger partial charge in [-0.2, -0.15) is 11.3 Å². The molecule has 9 heteroatoms. The molecule has 4 heterocycles. The van der Waals surface area contributed by atoms with Crippen molar-refractivity contribution in [1.82, 2.24) is 15.3 Å². The molecule has 1 amide bonds. The van der Waals surface area contributed by atoms with Gasteiger partial charge in [0.1, 0.15) is 22.0 Å². The molecule has 0 bridgehead atoms. The molecule has 2 unspecified atom stereocenters. The molecule has 6 nitrogen and oxygen atoms in total. The number of amides is 1. The Labute approximate surface area is 232 Å². The molecule has 1 aliphatic heterocycles. The number of hydrogen-bond donors (Lipinski definition) is 1. The summed E-state index contributed by atoms with van der Waals surface area (Å²) in [5.74, 6) is 0.370. The highest BCUT2D eigenvalue weighted by Gasteiger charge is 2.50. The van der Waals surface area contributed by atoms with Crippen LogP contribution in [0.5, 0.6) is 11.5 Å².